The number of nitrogens with zero attached hydrogens (tertiary/aromatic N) is 1. The van der Waals surface area contributed by atoms with E-state index in [4.69, 9.17) is 14.2 Å². The molecule has 3 rings (SSSR count). The van der Waals surface area contributed by atoms with Gasteiger partial charge >= 0.3 is 5.97 Å². The number of benzene rings is 2. The second-order valence-electron chi connectivity index (χ2n) is 6.28. The first-order valence-electron chi connectivity index (χ1n) is 9.40. The smallest absolute Gasteiger partial charge is 0.363 e. The fourth-order valence-electron chi connectivity index (χ4n) is 2.71. The molecule has 0 spiro atoms. The number of hydrogen-bond donors (Lipinski definition) is 0. The van der Waals surface area contributed by atoms with E-state index in [0.717, 1.165) is 37.8 Å². The minimum Gasteiger partial charge on any atom is -0.490 e. The number of cyclic esters (lactones) is 1. The van der Waals surface area contributed by atoms with E-state index in [0.29, 0.717) is 19.0 Å². The van der Waals surface area contributed by atoms with Crippen LogP contribution in [0.15, 0.2) is 51.6 Å². The van der Waals surface area contributed by atoms with E-state index in [1.165, 1.54) is 0 Å². The zero-order valence-corrected chi connectivity index (χ0v) is 19.9. The van der Waals surface area contributed by atoms with Crippen LogP contribution in [0.5, 0.6) is 11.5 Å². The van der Waals surface area contributed by atoms with Crippen molar-refractivity contribution in [2.24, 2.45) is 4.99 Å². The number of ether oxygens (including phenoxy) is 3. The molecule has 0 aliphatic carbocycles. The molecular formula is C22H21BrINO4. The van der Waals surface area contributed by atoms with Gasteiger partial charge in [-0.3, -0.25) is 0 Å². The van der Waals surface area contributed by atoms with Crippen molar-refractivity contribution in [3.05, 3.63) is 61.3 Å². The largest absolute Gasteiger partial charge is 0.490 e. The van der Waals surface area contributed by atoms with Gasteiger partial charge in [-0.1, -0.05) is 25.5 Å². The summed E-state index contributed by atoms with van der Waals surface area (Å²) in [5, 5.41) is 0. The molecule has 0 amide bonds. The van der Waals surface area contributed by atoms with E-state index in [9.17, 15) is 4.79 Å². The first-order chi connectivity index (χ1) is 14.0. The number of rotatable bonds is 8. The van der Waals surface area contributed by atoms with Gasteiger partial charge in [-0.15, -0.1) is 0 Å². The number of esters is 1. The van der Waals surface area contributed by atoms with Crippen LogP contribution in [0.25, 0.3) is 6.08 Å². The standard InChI is InChI=1S/C22H21BrINO4/c1-3-5-10-28-20-17(24)11-14(13-19(20)27-4-2)12-18-22(26)29-21(25-18)15-8-6-7-9-16(15)23/h6-9,11-13H,3-5,10H2,1-2H3/b18-12-. The van der Waals surface area contributed by atoms with Crippen molar-refractivity contribution in [2.45, 2.75) is 26.7 Å². The molecule has 0 saturated carbocycles. The Hall–Kier alpha value is -1.87. The van der Waals surface area contributed by atoms with Crippen LogP contribution in [0, 0.1) is 3.57 Å². The average Bonchev–Trinajstić information content (AvgIpc) is 3.04. The summed E-state index contributed by atoms with van der Waals surface area (Å²) < 4.78 is 18.8. The Morgan fingerprint density at radius 1 is 1.21 bits per heavy atom. The van der Waals surface area contributed by atoms with Gasteiger partial charge in [0.1, 0.15) is 0 Å². The lowest BCUT2D eigenvalue weighted by atomic mass is 10.1. The van der Waals surface area contributed by atoms with Gasteiger partial charge in [0, 0.05) is 4.47 Å². The zero-order chi connectivity index (χ0) is 20.8. The summed E-state index contributed by atoms with van der Waals surface area (Å²) in [4.78, 5) is 16.7. The number of hydrogen-bond acceptors (Lipinski definition) is 5. The minimum absolute atomic E-state index is 0.244. The van der Waals surface area contributed by atoms with Gasteiger partial charge in [-0.2, -0.15) is 0 Å². The molecule has 0 N–H and O–H groups in total. The lowest BCUT2D eigenvalue weighted by Crippen LogP contribution is -2.06. The number of carbonyl (C=O) groups is 1. The highest BCUT2D eigenvalue weighted by Crippen LogP contribution is 2.35. The lowest BCUT2D eigenvalue weighted by molar-refractivity contribution is -0.129. The SMILES string of the molecule is CCCCOc1c(I)cc(/C=C2\N=C(c3ccccc3Br)OC2=O)cc1OCC. The molecule has 1 aliphatic heterocycles. The second kappa shape index (κ2) is 10.2. The number of carbonyl (C=O) groups excluding carboxylic acids is 1. The number of unbranched alkanes of at least 4 members (excludes halogenated alkanes) is 1. The van der Waals surface area contributed by atoms with Crippen molar-refractivity contribution in [1.82, 2.24) is 0 Å². The molecule has 1 heterocycles. The van der Waals surface area contributed by atoms with E-state index >= 15 is 0 Å². The van der Waals surface area contributed by atoms with Crippen molar-refractivity contribution in [3.8, 4) is 11.5 Å². The third kappa shape index (κ3) is 5.39. The average molecular weight is 570 g/mol. The fraction of sp³-hybridized carbons (Fsp3) is 0.273. The van der Waals surface area contributed by atoms with Gasteiger partial charge in [0.25, 0.3) is 0 Å². The summed E-state index contributed by atoms with van der Waals surface area (Å²) in [5.41, 5.74) is 1.77. The molecule has 0 atom stereocenters. The predicted molar refractivity (Wildman–Crippen MR) is 125 cm³/mol. The van der Waals surface area contributed by atoms with Crippen molar-refractivity contribution in [2.75, 3.05) is 13.2 Å². The molecule has 0 fully saturated rings. The summed E-state index contributed by atoms with van der Waals surface area (Å²) in [6, 6.07) is 11.3. The molecule has 0 unspecified atom stereocenters. The van der Waals surface area contributed by atoms with Gasteiger partial charge in [0.15, 0.2) is 17.2 Å². The molecule has 1 aliphatic rings. The zero-order valence-electron chi connectivity index (χ0n) is 16.2. The van der Waals surface area contributed by atoms with Gasteiger partial charge in [0.05, 0.1) is 22.3 Å². The van der Waals surface area contributed by atoms with Crippen LogP contribution in [0.3, 0.4) is 0 Å². The van der Waals surface area contributed by atoms with Crippen molar-refractivity contribution >= 4 is 56.5 Å². The number of halogens is 2. The van der Waals surface area contributed by atoms with Gasteiger partial charge < -0.3 is 14.2 Å². The maximum absolute atomic E-state index is 12.3. The second-order valence-corrected chi connectivity index (χ2v) is 8.30. The van der Waals surface area contributed by atoms with Crippen LogP contribution in [-0.4, -0.2) is 25.1 Å². The third-order valence-corrected chi connectivity index (χ3v) is 5.60. The van der Waals surface area contributed by atoms with Crippen LogP contribution in [0.4, 0.5) is 0 Å². The highest BCUT2D eigenvalue weighted by Gasteiger charge is 2.25. The summed E-state index contributed by atoms with van der Waals surface area (Å²) in [6.07, 6.45) is 3.74. The maximum Gasteiger partial charge on any atom is 0.363 e. The Morgan fingerprint density at radius 2 is 2.00 bits per heavy atom. The quantitative estimate of drug-likeness (QED) is 0.170. The molecule has 2 aromatic rings. The van der Waals surface area contributed by atoms with Gasteiger partial charge in [-0.05, 0) is 87.8 Å². The Balaban J connectivity index is 1.93. The van der Waals surface area contributed by atoms with Crippen molar-refractivity contribution in [3.63, 3.8) is 0 Å². The third-order valence-electron chi connectivity index (χ3n) is 4.10. The molecule has 0 radical (unpaired) electrons. The molecule has 152 valence electrons. The molecule has 0 aromatic heterocycles. The highest BCUT2D eigenvalue weighted by molar-refractivity contribution is 14.1. The molecular weight excluding hydrogens is 549 g/mol. The molecule has 29 heavy (non-hydrogen) atoms. The first-order valence-corrected chi connectivity index (χ1v) is 11.3. The van der Waals surface area contributed by atoms with Crippen LogP contribution in [0.1, 0.15) is 37.8 Å². The van der Waals surface area contributed by atoms with Gasteiger partial charge in [-0.25, -0.2) is 9.79 Å². The Morgan fingerprint density at radius 3 is 2.72 bits per heavy atom. The molecule has 0 saturated heterocycles. The topological polar surface area (TPSA) is 57.1 Å². The number of aliphatic imine (C=N–C) groups is 1. The van der Waals surface area contributed by atoms with Crippen LogP contribution < -0.4 is 9.47 Å². The summed E-state index contributed by atoms with van der Waals surface area (Å²) in [5.74, 6) is 1.19. The summed E-state index contributed by atoms with van der Waals surface area (Å²) in [7, 11) is 0. The Bertz CT molecular complexity index is 971. The minimum atomic E-state index is -0.480. The van der Waals surface area contributed by atoms with E-state index in [1.807, 2.05) is 43.3 Å². The van der Waals surface area contributed by atoms with Gasteiger partial charge in [0.2, 0.25) is 5.90 Å². The molecule has 5 nitrogen and oxygen atoms in total. The van der Waals surface area contributed by atoms with E-state index in [2.05, 4.69) is 50.4 Å². The van der Waals surface area contributed by atoms with E-state index in [1.54, 1.807) is 6.08 Å². The lowest BCUT2D eigenvalue weighted by Gasteiger charge is -2.14. The van der Waals surface area contributed by atoms with E-state index in [-0.39, 0.29) is 11.6 Å². The van der Waals surface area contributed by atoms with Crippen LogP contribution in [0.2, 0.25) is 0 Å². The van der Waals surface area contributed by atoms with Crippen molar-refractivity contribution < 1.29 is 19.0 Å². The van der Waals surface area contributed by atoms with Crippen molar-refractivity contribution in [1.29, 1.82) is 0 Å². The predicted octanol–water partition coefficient (Wildman–Crippen LogP) is 5.98. The Kier molecular flexibility index (Phi) is 7.71. The van der Waals surface area contributed by atoms with Crippen LogP contribution in [-0.2, 0) is 9.53 Å². The normalized spacial score (nSPS) is 14.7. The maximum atomic E-state index is 12.3. The van der Waals surface area contributed by atoms with Crippen LogP contribution >= 0.6 is 38.5 Å². The monoisotopic (exact) mass is 569 g/mol. The molecule has 7 heteroatoms. The molecule has 2 aromatic carbocycles. The Labute approximate surface area is 192 Å². The summed E-state index contributed by atoms with van der Waals surface area (Å²) in [6.45, 7) is 5.21. The summed E-state index contributed by atoms with van der Waals surface area (Å²) >= 11 is 5.68. The fourth-order valence-corrected chi connectivity index (χ4v) is 3.95. The molecule has 0 bridgehead atoms. The highest BCUT2D eigenvalue weighted by atomic mass is 127. The first kappa shape index (κ1) is 21.8. The van der Waals surface area contributed by atoms with E-state index < -0.39 is 5.97 Å².